The first-order valence-corrected chi connectivity index (χ1v) is 11.8. The molecule has 28 heavy (non-hydrogen) atoms. The van der Waals surface area contributed by atoms with E-state index in [1.165, 1.54) is 4.31 Å². The molecule has 0 aliphatic carbocycles. The van der Waals surface area contributed by atoms with Crippen molar-refractivity contribution in [2.24, 2.45) is 0 Å². The van der Waals surface area contributed by atoms with E-state index in [0.29, 0.717) is 11.4 Å². The van der Waals surface area contributed by atoms with Gasteiger partial charge < -0.3 is 4.74 Å². The summed E-state index contributed by atoms with van der Waals surface area (Å²) in [7, 11) is -3.49. The van der Waals surface area contributed by atoms with Crippen molar-refractivity contribution in [2.45, 2.75) is 39.8 Å². The van der Waals surface area contributed by atoms with Gasteiger partial charge in [0.15, 0.2) is 0 Å². The number of ether oxygens (including phenoxy) is 1. The summed E-state index contributed by atoms with van der Waals surface area (Å²) in [4.78, 5) is 1.02. The summed E-state index contributed by atoms with van der Waals surface area (Å²) in [6.45, 7) is 5.89. The van der Waals surface area contributed by atoms with Crippen LogP contribution in [0.5, 0.6) is 5.75 Å². The lowest BCUT2D eigenvalue weighted by molar-refractivity contribution is 0.217. The highest BCUT2D eigenvalue weighted by molar-refractivity contribution is 7.92. The Labute approximate surface area is 170 Å². The van der Waals surface area contributed by atoms with E-state index in [1.807, 2.05) is 43.5 Å². The number of rotatable bonds is 9. The Morgan fingerprint density at radius 1 is 1.25 bits per heavy atom. The molecule has 1 aromatic carbocycles. The van der Waals surface area contributed by atoms with Gasteiger partial charge in [-0.25, -0.2) is 8.42 Å². The smallest absolute Gasteiger partial charge is 0.235 e. The number of aromatic amines is 1. The van der Waals surface area contributed by atoms with Crippen molar-refractivity contribution in [1.29, 1.82) is 0 Å². The molecule has 0 fully saturated rings. The molecule has 6 nitrogen and oxygen atoms in total. The number of aromatic nitrogens is 2. The van der Waals surface area contributed by atoms with Gasteiger partial charge in [0.2, 0.25) is 10.0 Å². The number of benzene rings is 1. The number of anilines is 1. The van der Waals surface area contributed by atoms with Crippen molar-refractivity contribution in [3.8, 4) is 16.3 Å². The summed E-state index contributed by atoms with van der Waals surface area (Å²) in [6.07, 6.45) is 2.62. The number of hydrogen-bond donors (Lipinski definition) is 1. The van der Waals surface area contributed by atoms with Crippen LogP contribution in [0, 0.1) is 0 Å². The van der Waals surface area contributed by atoms with Crippen LogP contribution in [-0.4, -0.2) is 30.5 Å². The van der Waals surface area contributed by atoms with E-state index in [4.69, 9.17) is 4.74 Å². The van der Waals surface area contributed by atoms with Gasteiger partial charge in [-0.15, -0.1) is 11.3 Å². The molecular weight excluding hydrogens is 394 g/mol. The molecule has 1 N–H and O–H groups in total. The number of hydrogen-bond acceptors (Lipinski definition) is 5. The maximum absolute atomic E-state index is 12.9. The van der Waals surface area contributed by atoms with Gasteiger partial charge in [0.05, 0.1) is 40.9 Å². The lowest BCUT2D eigenvalue weighted by atomic mass is 10.2. The zero-order chi connectivity index (χ0) is 20.1. The highest BCUT2D eigenvalue weighted by atomic mass is 32.2. The standard InChI is InChI=1S/C20H25N3O3S2/c1-4-15(3)26-18-9-6-8-17(12-18)23(28(24,25)5-2)14-16-13-21-22-20(16)19-10-7-11-27-19/h6-13,15H,4-5,14H2,1-3H3,(H,21,22). The fraction of sp³-hybridized carbons (Fsp3) is 0.350. The number of nitrogens with one attached hydrogen (secondary N) is 1. The van der Waals surface area contributed by atoms with E-state index in [0.717, 1.165) is 22.6 Å². The largest absolute Gasteiger partial charge is 0.491 e. The van der Waals surface area contributed by atoms with E-state index < -0.39 is 10.0 Å². The molecule has 0 amide bonds. The predicted octanol–water partition coefficient (Wildman–Crippen LogP) is 4.67. The van der Waals surface area contributed by atoms with Crippen LogP contribution < -0.4 is 9.04 Å². The third kappa shape index (κ3) is 4.56. The van der Waals surface area contributed by atoms with Crippen LogP contribution in [0.3, 0.4) is 0 Å². The van der Waals surface area contributed by atoms with Crippen molar-refractivity contribution in [3.63, 3.8) is 0 Å². The maximum atomic E-state index is 12.9. The molecule has 1 unspecified atom stereocenters. The van der Waals surface area contributed by atoms with Gasteiger partial charge in [0, 0.05) is 11.6 Å². The minimum Gasteiger partial charge on any atom is -0.491 e. The normalized spacial score (nSPS) is 12.7. The summed E-state index contributed by atoms with van der Waals surface area (Å²) in [6, 6.07) is 11.2. The van der Waals surface area contributed by atoms with Crippen LogP contribution >= 0.6 is 11.3 Å². The first-order chi connectivity index (χ1) is 13.4. The van der Waals surface area contributed by atoms with Crippen LogP contribution in [0.4, 0.5) is 5.69 Å². The molecule has 0 saturated carbocycles. The second-order valence-corrected chi connectivity index (χ2v) is 9.62. The second-order valence-electron chi connectivity index (χ2n) is 6.49. The van der Waals surface area contributed by atoms with Crippen molar-refractivity contribution in [3.05, 3.63) is 53.5 Å². The number of H-pyrrole nitrogens is 1. The van der Waals surface area contributed by atoms with Crippen LogP contribution in [0.15, 0.2) is 48.0 Å². The first kappa shape index (κ1) is 20.4. The Morgan fingerprint density at radius 2 is 2.07 bits per heavy atom. The van der Waals surface area contributed by atoms with E-state index in [9.17, 15) is 8.42 Å². The maximum Gasteiger partial charge on any atom is 0.235 e. The van der Waals surface area contributed by atoms with Gasteiger partial charge in [-0.3, -0.25) is 9.40 Å². The Morgan fingerprint density at radius 3 is 2.75 bits per heavy atom. The molecule has 3 aromatic rings. The molecule has 1 atom stereocenters. The highest BCUT2D eigenvalue weighted by Gasteiger charge is 2.24. The fourth-order valence-electron chi connectivity index (χ4n) is 2.75. The fourth-order valence-corrected chi connectivity index (χ4v) is 4.59. The third-order valence-electron chi connectivity index (χ3n) is 4.52. The van der Waals surface area contributed by atoms with E-state index in [1.54, 1.807) is 36.6 Å². The summed E-state index contributed by atoms with van der Waals surface area (Å²) in [5.74, 6) is 0.671. The molecule has 2 heterocycles. The summed E-state index contributed by atoms with van der Waals surface area (Å²) in [5.41, 5.74) is 2.26. The minimum atomic E-state index is -3.49. The monoisotopic (exact) mass is 419 g/mol. The average molecular weight is 420 g/mol. The lowest BCUT2D eigenvalue weighted by Gasteiger charge is -2.24. The van der Waals surface area contributed by atoms with Crippen LogP contribution in [0.25, 0.3) is 10.6 Å². The molecule has 0 aliphatic heterocycles. The van der Waals surface area contributed by atoms with E-state index in [2.05, 4.69) is 10.2 Å². The number of thiophene rings is 1. The second kappa shape index (κ2) is 8.79. The summed E-state index contributed by atoms with van der Waals surface area (Å²) in [5, 5.41) is 9.11. The van der Waals surface area contributed by atoms with Gasteiger partial charge in [-0.05, 0) is 43.8 Å². The Balaban J connectivity index is 1.96. The van der Waals surface area contributed by atoms with Crippen molar-refractivity contribution >= 4 is 27.0 Å². The molecule has 2 aromatic heterocycles. The molecule has 0 saturated heterocycles. The van der Waals surface area contributed by atoms with E-state index in [-0.39, 0.29) is 18.4 Å². The quantitative estimate of drug-likeness (QED) is 0.547. The van der Waals surface area contributed by atoms with E-state index >= 15 is 0 Å². The number of nitrogens with zero attached hydrogens (tertiary/aromatic N) is 2. The average Bonchev–Trinajstić information content (AvgIpc) is 3.37. The van der Waals surface area contributed by atoms with Crippen LogP contribution in [-0.2, 0) is 16.6 Å². The molecule has 0 bridgehead atoms. The first-order valence-electron chi connectivity index (χ1n) is 9.27. The SMILES string of the molecule is CCC(C)Oc1cccc(N(Cc2cn[nH]c2-c2cccs2)S(=O)(=O)CC)c1. The molecule has 0 spiro atoms. The molecule has 0 radical (unpaired) electrons. The predicted molar refractivity (Wildman–Crippen MR) is 114 cm³/mol. The zero-order valence-electron chi connectivity index (χ0n) is 16.3. The topological polar surface area (TPSA) is 75.3 Å². The molecule has 3 rings (SSSR count). The third-order valence-corrected chi connectivity index (χ3v) is 7.15. The number of sulfonamides is 1. The molecular formula is C20H25N3O3S2. The lowest BCUT2D eigenvalue weighted by Crippen LogP contribution is -2.32. The van der Waals surface area contributed by atoms with Crippen LogP contribution in [0.1, 0.15) is 32.8 Å². The molecule has 8 heteroatoms. The van der Waals surface area contributed by atoms with Gasteiger partial charge in [-0.1, -0.05) is 19.1 Å². The van der Waals surface area contributed by atoms with Crippen molar-refractivity contribution in [1.82, 2.24) is 10.2 Å². The Kier molecular flexibility index (Phi) is 6.41. The van der Waals surface area contributed by atoms with Gasteiger partial charge in [0.1, 0.15) is 5.75 Å². The zero-order valence-corrected chi connectivity index (χ0v) is 17.9. The minimum absolute atomic E-state index is 0.00956. The Bertz CT molecular complexity index is 997. The molecule has 150 valence electrons. The van der Waals surface area contributed by atoms with Gasteiger partial charge >= 0.3 is 0 Å². The Hall–Kier alpha value is -2.32. The van der Waals surface area contributed by atoms with Crippen LogP contribution in [0.2, 0.25) is 0 Å². The summed E-state index contributed by atoms with van der Waals surface area (Å²) < 4.78 is 33.1. The molecule has 0 aliphatic rings. The van der Waals surface area contributed by atoms with Crippen molar-refractivity contribution in [2.75, 3.05) is 10.1 Å². The summed E-state index contributed by atoms with van der Waals surface area (Å²) >= 11 is 1.58. The van der Waals surface area contributed by atoms with Gasteiger partial charge in [-0.2, -0.15) is 5.10 Å². The highest BCUT2D eigenvalue weighted by Crippen LogP contribution is 2.30. The van der Waals surface area contributed by atoms with Crippen molar-refractivity contribution < 1.29 is 13.2 Å². The van der Waals surface area contributed by atoms with Gasteiger partial charge in [0.25, 0.3) is 0 Å².